The van der Waals surface area contributed by atoms with Gasteiger partial charge in [0.05, 0.1) is 5.69 Å². The Hall–Kier alpha value is -1.36. The summed E-state index contributed by atoms with van der Waals surface area (Å²) < 4.78 is 5.09. The molecule has 0 aliphatic carbocycles. The topological polar surface area (TPSA) is 81.2 Å². The second-order valence-electron chi connectivity index (χ2n) is 4.37. The van der Waals surface area contributed by atoms with Crippen LogP contribution in [0, 0.1) is 13.8 Å². The fraction of sp³-hybridized carbons (Fsp3) is 0.667. The molecule has 1 aromatic heterocycles. The number of carbonyl (C=O) groups is 1. The molecule has 0 fully saturated rings. The predicted octanol–water partition coefficient (Wildman–Crippen LogP) is 1.08. The lowest BCUT2D eigenvalue weighted by atomic mass is 10.1. The highest BCUT2D eigenvalue weighted by molar-refractivity contribution is 5.76. The number of hydrogen-bond donors (Lipinski definition) is 2. The van der Waals surface area contributed by atoms with Crippen molar-refractivity contribution in [2.24, 2.45) is 5.73 Å². The van der Waals surface area contributed by atoms with Crippen LogP contribution >= 0.6 is 0 Å². The van der Waals surface area contributed by atoms with Crippen LogP contribution < -0.4 is 11.1 Å². The van der Waals surface area contributed by atoms with Gasteiger partial charge in [0.25, 0.3) is 0 Å². The number of rotatable bonds is 6. The summed E-state index contributed by atoms with van der Waals surface area (Å²) in [5.41, 5.74) is 7.33. The Balaban J connectivity index is 2.44. The van der Waals surface area contributed by atoms with Crippen molar-refractivity contribution >= 4 is 5.91 Å². The number of carbonyl (C=O) groups excluding carboxylic acids is 1. The summed E-state index contributed by atoms with van der Waals surface area (Å²) in [7, 11) is 0. The molecule has 0 radical (unpaired) electrons. The van der Waals surface area contributed by atoms with Gasteiger partial charge in [-0.05, 0) is 40.2 Å². The lowest BCUT2D eigenvalue weighted by Crippen LogP contribution is -2.34. The van der Waals surface area contributed by atoms with E-state index in [9.17, 15) is 4.79 Å². The molecule has 1 unspecified atom stereocenters. The Kier molecular flexibility index (Phi) is 5.15. The van der Waals surface area contributed by atoms with Crippen molar-refractivity contribution in [2.75, 3.05) is 6.54 Å². The summed E-state index contributed by atoms with van der Waals surface area (Å²) in [5, 5.41) is 6.84. The Morgan fingerprint density at radius 1 is 1.53 bits per heavy atom. The quantitative estimate of drug-likeness (QED) is 0.778. The number of amides is 1. The van der Waals surface area contributed by atoms with Gasteiger partial charge in [0.15, 0.2) is 0 Å². The van der Waals surface area contributed by atoms with E-state index in [1.54, 1.807) is 0 Å². The van der Waals surface area contributed by atoms with E-state index in [1.165, 1.54) is 0 Å². The Morgan fingerprint density at radius 2 is 2.24 bits per heavy atom. The number of nitrogens with zero attached hydrogens (tertiary/aromatic N) is 1. The third-order valence-electron chi connectivity index (χ3n) is 2.71. The van der Waals surface area contributed by atoms with Gasteiger partial charge in [-0.2, -0.15) is 0 Å². The zero-order chi connectivity index (χ0) is 12.8. The van der Waals surface area contributed by atoms with Gasteiger partial charge >= 0.3 is 0 Å². The maximum absolute atomic E-state index is 11.5. The normalized spacial score (nSPS) is 12.5. The molecule has 3 N–H and O–H groups in total. The summed E-state index contributed by atoms with van der Waals surface area (Å²) in [5.74, 6) is 0.875. The number of aromatic nitrogens is 1. The van der Waals surface area contributed by atoms with Gasteiger partial charge in [0.2, 0.25) is 5.91 Å². The van der Waals surface area contributed by atoms with E-state index >= 15 is 0 Å². The van der Waals surface area contributed by atoms with Crippen molar-refractivity contribution in [1.82, 2.24) is 10.5 Å². The molecule has 5 heteroatoms. The summed E-state index contributed by atoms with van der Waals surface area (Å²) in [4.78, 5) is 11.5. The molecule has 1 aromatic rings. The van der Waals surface area contributed by atoms with E-state index < -0.39 is 0 Å². The first-order valence-corrected chi connectivity index (χ1v) is 5.95. The molecule has 1 amide bonds. The molecule has 17 heavy (non-hydrogen) atoms. The molecule has 0 aliphatic rings. The molecule has 0 saturated carbocycles. The molecule has 5 nitrogen and oxygen atoms in total. The number of hydrogen-bond acceptors (Lipinski definition) is 4. The summed E-state index contributed by atoms with van der Waals surface area (Å²) >= 11 is 0. The first-order chi connectivity index (χ1) is 8.04. The number of aryl methyl sites for hydroxylation is 2. The molecule has 1 atom stereocenters. The standard InChI is InChI=1S/C12H21N3O2/c1-8(14-12(16)5-4-6-13)7-11-9(2)15-17-10(11)3/h8H,4-7,13H2,1-3H3,(H,14,16). The average molecular weight is 239 g/mol. The van der Waals surface area contributed by atoms with Crippen molar-refractivity contribution in [3.63, 3.8) is 0 Å². The smallest absolute Gasteiger partial charge is 0.220 e. The van der Waals surface area contributed by atoms with Gasteiger partial charge in [0, 0.05) is 18.0 Å². The number of nitrogens with two attached hydrogens (primary N) is 1. The fourth-order valence-electron chi connectivity index (χ4n) is 1.76. The summed E-state index contributed by atoms with van der Waals surface area (Å²) in [6.45, 7) is 6.32. The zero-order valence-corrected chi connectivity index (χ0v) is 10.7. The van der Waals surface area contributed by atoms with E-state index in [-0.39, 0.29) is 11.9 Å². The molecule has 0 bridgehead atoms. The highest BCUT2D eigenvalue weighted by Crippen LogP contribution is 2.14. The second-order valence-corrected chi connectivity index (χ2v) is 4.37. The molecule has 0 aromatic carbocycles. The molecular formula is C12H21N3O2. The fourth-order valence-corrected chi connectivity index (χ4v) is 1.76. The molecule has 0 aliphatic heterocycles. The first kappa shape index (κ1) is 13.7. The molecule has 96 valence electrons. The molecule has 0 saturated heterocycles. The van der Waals surface area contributed by atoms with E-state index in [0.717, 1.165) is 29.9 Å². The van der Waals surface area contributed by atoms with Crippen LogP contribution in [0.2, 0.25) is 0 Å². The van der Waals surface area contributed by atoms with Crippen molar-refractivity contribution < 1.29 is 9.32 Å². The van der Waals surface area contributed by atoms with Crippen LogP contribution in [-0.2, 0) is 11.2 Å². The molecule has 0 spiro atoms. The third-order valence-corrected chi connectivity index (χ3v) is 2.71. The summed E-state index contributed by atoms with van der Waals surface area (Å²) in [6, 6.07) is 0.0806. The minimum absolute atomic E-state index is 0.0507. The molecular weight excluding hydrogens is 218 g/mol. The van der Waals surface area contributed by atoms with Gasteiger partial charge in [-0.15, -0.1) is 0 Å². The Morgan fingerprint density at radius 3 is 2.76 bits per heavy atom. The number of nitrogens with one attached hydrogen (secondary N) is 1. The van der Waals surface area contributed by atoms with E-state index in [2.05, 4.69) is 10.5 Å². The average Bonchev–Trinajstić information content (AvgIpc) is 2.58. The summed E-state index contributed by atoms with van der Waals surface area (Å²) in [6.07, 6.45) is 1.96. The van der Waals surface area contributed by atoms with Gasteiger partial charge in [-0.3, -0.25) is 4.79 Å². The van der Waals surface area contributed by atoms with E-state index in [4.69, 9.17) is 10.3 Å². The van der Waals surface area contributed by atoms with Crippen LogP contribution in [0.3, 0.4) is 0 Å². The van der Waals surface area contributed by atoms with Crippen molar-refractivity contribution in [2.45, 2.75) is 46.1 Å². The molecule has 1 heterocycles. The maximum atomic E-state index is 11.5. The van der Waals surface area contributed by atoms with Gasteiger partial charge < -0.3 is 15.6 Å². The van der Waals surface area contributed by atoms with Gasteiger partial charge in [-0.1, -0.05) is 5.16 Å². The van der Waals surface area contributed by atoms with Crippen LogP contribution in [0.25, 0.3) is 0 Å². The Labute approximate surface area is 102 Å². The van der Waals surface area contributed by atoms with E-state index in [0.29, 0.717) is 13.0 Å². The third kappa shape index (κ3) is 4.19. The second kappa shape index (κ2) is 6.39. The minimum Gasteiger partial charge on any atom is -0.361 e. The van der Waals surface area contributed by atoms with Gasteiger partial charge in [-0.25, -0.2) is 0 Å². The highest BCUT2D eigenvalue weighted by atomic mass is 16.5. The molecule has 1 rings (SSSR count). The van der Waals surface area contributed by atoms with Crippen LogP contribution in [0.4, 0.5) is 0 Å². The highest BCUT2D eigenvalue weighted by Gasteiger charge is 2.14. The van der Waals surface area contributed by atoms with Crippen LogP contribution in [-0.4, -0.2) is 23.7 Å². The van der Waals surface area contributed by atoms with Crippen molar-refractivity contribution in [1.29, 1.82) is 0 Å². The van der Waals surface area contributed by atoms with Crippen LogP contribution in [0.5, 0.6) is 0 Å². The van der Waals surface area contributed by atoms with E-state index in [1.807, 2.05) is 20.8 Å². The predicted molar refractivity (Wildman–Crippen MR) is 65.6 cm³/mol. The van der Waals surface area contributed by atoms with Crippen molar-refractivity contribution in [3.05, 3.63) is 17.0 Å². The SMILES string of the molecule is Cc1noc(C)c1CC(C)NC(=O)CCCN. The monoisotopic (exact) mass is 239 g/mol. The minimum atomic E-state index is 0.0507. The Bertz CT molecular complexity index is 354. The first-order valence-electron chi connectivity index (χ1n) is 5.95. The van der Waals surface area contributed by atoms with Gasteiger partial charge in [0.1, 0.15) is 5.76 Å². The van der Waals surface area contributed by atoms with Crippen LogP contribution in [0.15, 0.2) is 4.52 Å². The largest absolute Gasteiger partial charge is 0.361 e. The van der Waals surface area contributed by atoms with Crippen molar-refractivity contribution in [3.8, 4) is 0 Å². The lowest BCUT2D eigenvalue weighted by Gasteiger charge is -2.13. The van der Waals surface area contributed by atoms with Crippen LogP contribution in [0.1, 0.15) is 36.8 Å². The zero-order valence-electron chi connectivity index (χ0n) is 10.7. The maximum Gasteiger partial charge on any atom is 0.220 e. The lowest BCUT2D eigenvalue weighted by molar-refractivity contribution is -0.121.